The molecular formula is C6H11N3O. The molecule has 0 bridgehead atoms. The van der Waals surface area contributed by atoms with E-state index in [0.717, 1.165) is 18.7 Å². The first-order valence-electron chi connectivity index (χ1n) is 3.37. The van der Waals surface area contributed by atoms with E-state index in [2.05, 4.69) is 22.4 Å². The van der Waals surface area contributed by atoms with Crippen LogP contribution in [0.2, 0.25) is 0 Å². The minimum absolute atomic E-state index is 0.489. The molecule has 0 spiro atoms. The van der Waals surface area contributed by atoms with E-state index in [1.54, 1.807) is 7.05 Å². The van der Waals surface area contributed by atoms with Gasteiger partial charge < -0.3 is 9.84 Å². The summed E-state index contributed by atoms with van der Waals surface area (Å²) in [5.74, 6) is 0.770. The average molecular weight is 141 g/mol. The molecule has 0 atom stereocenters. The Balaban J connectivity index is 2.59. The van der Waals surface area contributed by atoms with Crippen molar-refractivity contribution in [2.45, 2.75) is 19.8 Å². The molecule has 0 saturated heterocycles. The largest absolute Gasteiger partial charge is 0.341 e. The van der Waals surface area contributed by atoms with Gasteiger partial charge in [0.1, 0.15) is 0 Å². The van der Waals surface area contributed by atoms with Crippen molar-refractivity contribution in [1.29, 1.82) is 0 Å². The van der Waals surface area contributed by atoms with Crippen LogP contribution in [0.3, 0.4) is 0 Å². The zero-order valence-electron chi connectivity index (χ0n) is 6.22. The van der Waals surface area contributed by atoms with Gasteiger partial charge in [0, 0.05) is 13.5 Å². The lowest BCUT2D eigenvalue weighted by atomic mass is 10.3. The molecule has 0 fully saturated rings. The van der Waals surface area contributed by atoms with E-state index in [1.807, 2.05) is 0 Å². The summed E-state index contributed by atoms with van der Waals surface area (Å²) in [5.41, 5.74) is 0. The fourth-order valence-electron chi connectivity index (χ4n) is 0.681. The van der Waals surface area contributed by atoms with Gasteiger partial charge in [-0.25, -0.2) is 0 Å². The Labute approximate surface area is 59.6 Å². The smallest absolute Gasteiger partial charge is 0.321 e. The molecule has 0 amide bonds. The van der Waals surface area contributed by atoms with Crippen LogP contribution in [-0.4, -0.2) is 17.2 Å². The molecule has 1 aromatic heterocycles. The Kier molecular flexibility index (Phi) is 2.25. The minimum Gasteiger partial charge on any atom is -0.341 e. The maximum atomic E-state index is 4.79. The molecule has 0 aliphatic heterocycles. The molecule has 0 aromatic carbocycles. The maximum absolute atomic E-state index is 4.79. The van der Waals surface area contributed by atoms with E-state index in [0.29, 0.717) is 6.01 Å². The minimum atomic E-state index is 0.489. The molecule has 0 saturated carbocycles. The molecular weight excluding hydrogens is 130 g/mol. The predicted octanol–water partition coefficient (Wildman–Crippen LogP) is 1.06. The second-order valence-electron chi connectivity index (χ2n) is 2.02. The third-order valence-electron chi connectivity index (χ3n) is 1.16. The summed E-state index contributed by atoms with van der Waals surface area (Å²) in [6.45, 7) is 2.08. The number of aryl methyl sites for hydroxylation is 1. The standard InChI is InChI=1S/C6H11N3O/c1-3-4-5-8-6(7-2)10-9-5/h3-4H2,1-2H3,(H,7,8,9). The van der Waals surface area contributed by atoms with Gasteiger partial charge in [0.2, 0.25) is 0 Å². The van der Waals surface area contributed by atoms with Crippen molar-refractivity contribution in [3.63, 3.8) is 0 Å². The molecule has 10 heavy (non-hydrogen) atoms. The Morgan fingerprint density at radius 3 is 2.90 bits per heavy atom. The highest BCUT2D eigenvalue weighted by molar-refractivity contribution is 5.15. The van der Waals surface area contributed by atoms with Gasteiger partial charge in [-0.05, 0) is 6.42 Å². The third-order valence-corrected chi connectivity index (χ3v) is 1.16. The van der Waals surface area contributed by atoms with Crippen molar-refractivity contribution < 1.29 is 4.52 Å². The van der Waals surface area contributed by atoms with E-state index >= 15 is 0 Å². The summed E-state index contributed by atoms with van der Waals surface area (Å²) in [7, 11) is 1.75. The predicted molar refractivity (Wildman–Crippen MR) is 37.8 cm³/mol. The lowest BCUT2D eigenvalue weighted by molar-refractivity contribution is 0.424. The second kappa shape index (κ2) is 3.20. The average Bonchev–Trinajstić information content (AvgIpc) is 2.37. The molecule has 0 aliphatic carbocycles. The van der Waals surface area contributed by atoms with Crippen LogP contribution in [0.4, 0.5) is 6.01 Å². The van der Waals surface area contributed by atoms with Crippen molar-refractivity contribution in [1.82, 2.24) is 10.1 Å². The van der Waals surface area contributed by atoms with Crippen LogP contribution < -0.4 is 5.32 Å². The van der Waals surface area contributed by atoms with E-state index in [9.17, 15) is 0 Å². The monoisotopic (exact) mass is 141 g/mol. The molecule has 0 unspecified atom stereocenters. The van der Waals surface area contributed by atoms with Crippen LogP contribution in [0, 0.1) is 0 Å². The van der Waals surface area contributed by atoms with Gasteiger partial charge in [0.05, 0.1) is 0 Å². The van der Waals surface area contributed by atoms with Crippen LogP contribution in [0.1, 0.15) is 19.2 Å². The lowest BCUT2D eigenvalue weighted by Gasteiger charge is -1.84. The summed E-state index contributed by atoms with van der Waals surface area (Å²) in [6.07, 6.45) is 1.92. The van der Waals surface area contributed by atoms with Gasteiger partial charge in [-0.1, -0.05) is 12.1 Å². The van der Waals surface area contributed by atoms with Crippen molar-refractivity contribution in [3.05, 3.63) is 5.82 Å². The van der Waals surface area contributed by atoms with Gasteiger partial charge in [-0.3, -0.25) is 0 Å². The molecule has 0 aliphatic rings. The highest BCUT2D eigenvalue weighted by atomic mass is 16.5. The Morgan fingerprint density at radius 2 is 2.40 bits per heavy atom. The molecule has 1 aromatic rings. The quantitative estimate of drug-likeness (QED) is 0.683. The third kappa shape index (κ3) is 1.46. The lowest BCUT2D eigenvalue weighted by Crippen LogP contribution is -1.88. The first-order chi connectivity index (χ1) is 4.86. The SMILES string of the molecule is CCCc1noc(NC)n1. The molecule has 1 heterocycles. The molecule has 4 heteroatoms. The van der Waals surface area contributed by atoms with Crippen LogP contribution in [0.5, 0.6) is 0 Å². The summed E-state index contributed by atoms with van der Waals surface area (Å²) in [5, 5.41) is 6.49. The number of nitrogens with one attached hydrogen (secondary N) is 1. The summed E-state index contributed by atoms with van der Waals surface area (Å²) in [6, 6.07) is 0.489. The fraction of sp³-hybridized carbons (Fsp3) is 0.667. The summed E-state index contributed by atoms with van der Waals surface area (Å²) < 4.78 is 4.79. The molecule has 4 nitrogen and oxygen atoms in total. The van der Waals surface area contributed by atoms with Gasteiger partial charge >= 0.3 is 6.01 Å². The van der Waals surface area contributed by atoms with E-state index in [1.165, 1.54) is 0 Å². The van der Waals surface area contributed by atoms with Gasteiger partial charge in [-0.2, -0.15) is 4.98 Å². The Morgan fingerprint density at radius 1 is 1.60 bits per heavy atom. The first kappa shape index (κ1) is 7.05. The van der Waals surface area contributed by atoms with Crippen molar-refractivity contribution in [2.75, 3.05) is 12.4 Å². The molecule has 1 rings (SSSR count). The van der Waals surface area contributed by atoms with Crippen LogP contribution >= 0.6 is 0 Å². The Hall–Kier alpha value is -1.06. The number of hydrogen-bond donors (Lipinski definition) is 1. The number of anilines is 1. The van der Waals surface area contributed by atoms with Crippen LogP contribution in [-0.2, 0) is 6.42 Å². The normalized spacial score (nSPS) is 9.80. The number of hydrogen-bond acceptors (Lipinski definition) is 4. The molecule has 56 valence electrons. The molecule has 1 N–H and O–H groups in total. The van der Waals surface area contributed by atoms with E-state index < -0.39 is 0 Å². The van der Waals surface area contributed by atoms with Gasteiger partial charge in [0.15, 0.2) is 5.82 Å². The number of nitrogens with zero attached hydrogens (tertiary/aromatic N) is 2. The zero-order chi connectivity index (χ0) is 7.40. The van der Waals surface area contributed by atoms with E-state index in [4.69, 9.17) is 4.52 Å². The molecule has 0 radical (unpaired) electrons. The first-order valence-corrected chi connectivity index (χ1v) is 3.37. The summed E-state index contributed by atoms with van der Waals surface area (Å²) in [4.78, 5) is 4.03. The van der Waals surface area contributed by atoms with E-state index in [-0.39, 0.29) is 0 Å². The fourth-order valence-corrected chi connectivity index (χ4v) is 0.681. The maximum Gasteiger partial charge on any atom is 0.321 e. The second-order valence-corrected chi connectivity index (χ2v) is 2.02. The Bertz CT molecular complexity index is 197. The number of rotatable bonds is 3. The van der Waals surface area contributed by atoms with Crippen LogP contribution in [0.15, 0.2) is 4.52 Å². The van der Waals surface area contributed by atoms with Crippen molar-refractivity contribution in [3.8, 4) is 0 Å². The summed E-state index contributed by atoms with van der Waals surface area (Å²) >= 11 is 0. The topological polar surface area (TPSA) is 51.0 Å². The van der Waals surface area contributed by atoms with Crippen molar-refractivity contribution >= 4 is 6.01 Å². The number of aromatic nitrogens is 2. The zero-order valence-corrected chi connectivity index (χ0v) is 6.22. The van der Waals surface area contributed by atoms with Gasteiger partial charge in [-0.15, -0.1) is 0 Å². The highest BCUT2D eigenvalue weighted by Crippen LogP contribution is 2.02. The highest BCUT2D eigenvalue weighted by Gasteiger charge is 2.00. The van der Waals surface area contributed by atoms with Crippen LogP contribution in [0.25, 0.3) is 0 Å². The van der Waals surface area contributed by atoms with Gasteiger partial charge in [0.25, 0.3) is 0 Å². The van der Waals surface area contributed by atoms with Crippen molar-refractivity contribution in [2.24, 2.45) is 0 Å².